The molecule has 1 rings (SSSR count). The smallest absolute Gasteiger partial charge is 0.0921 e. The van der Waals surface area contributed by atoms with Crippen molar-refractivity contribution in [1.82, 2.24) is 9.97 Å². The average Bonchev–Trinajstić information content (AvgIpc) is 2.36. The van der Waals surface area contributed by atoms with E-state index in [4.69, 9.17) is 5.73 Å². The third-order valence-corrected chi connectivity index (χ3v) is 1.80. The Kier molecular flexibility index (Phi) is 8.08. The van der Waals surface area contributed by atoms with Crippen LogP contribution in [-0.4, -0.2) is 16.0 Å². The summed E-state index contributed by atoms with van der Waals surface area (Å²) >= 11 is 0. The number of aromatic nitrogens is 2. The Morgan fingerprint density at radius 1 is 1.42 bits per heavy atom. The van der Waals surface area contributed by atoms with Gasteiger partial charge in [-0.1, -0.05) is 6.92 Å². The SMILES string of the molecule is Br.Br.C[C@H](N)[C@H](C)c1cnc[nH]1. The molecule has 1 aromatic heterocycles. The predicted molar refractivity (Wildman–Crippen MR) is 61.3 cm³/mol. The molecule has 5 heteroatoms. The molecule has 0 saturated heterocycles. The monoisotopic (exact) mass is 299 g/mol. The van der Waals surface area contributed by atoms with E-state index in [0.717, 1.165) is 5.69 Å². The lowest BCUT2D eigenvalue weighted by Gasteiger charge is -2.12. The van der Waals surface area contributed by atoms with E-state index in [1.165, 1.54) is 0 Å². The zero-order chi connectivity index (χ0) is 7.56. The van der Waals surface area contributed by atoms with E-state index in [1.807, 2.05) is 13.1 Å². The number of hydrogen-bond donors (Lipinski definition) is 2. The van der Waals surface area contributed by atoms with E-state index in [0.29, 0.717) is 5.92 Å². The molecule has 0 fully saturated rings. The van der Waals surface area contributed by atoms with Gasteiger partial charge in [0.1, 0.15) is 0 Å². The maximum Gasteiger partial charge on any atom is 0.0921 e. The molecule has 0 aromatic carbocycles. The Balaban J connectivity index is 0. The first-order chi connectivity index (χ1) is 4.72. The molecule has 0 aliphatic heterocycles. The number of nitrogens with one attached hydrogen (secondary N) is 1. The Morgan fingerprint density at radius 3 is 2.33 bits per heavy atom. The van der Waals surface area contributed by atoms with Crippen LogP contribution in [0.3, 0.4) is 0 Å². The molecule has 0 unspecified atom stereocenters. The summed E-state index contributed by atoms with van der Waals surface area (Å²) in [5.74, 6) is 0.363. The van der Waals surface area contributed by atoms with Crippen LogP contribution in [0.5, 0.6) is 0 Å². The molecule has 1 aromatic rings. The molecule has 0 radical (unpaired) electrons. The highest BCUT2D eigenvalue weighted by atomic mass is 79.9. The molecule has 3 nitrogen and oxygen atoms in total. The average molecular weight is 301 g/mol. The van der Waals surface area contributed by atoms with E-state index >= 15 is 0 Å². The first-order valence-electron chi connectivity index (χ1n) is 3.45. The molecule has 0 bridgehead atoms. The summed E-state index contributed by atoms with van der Waals surface area (Å²) in [5.41, 5.74) is 6.79. The molecule has 12 heavy (non-hydrogen) atoms. The summed E-state index contributed by atoms with van der Waals surface area (Å²) in [5, 5.41) is 0. The van der Waals surface area contributed by atoms with Gasteiger partial charge in [-0.15, -0.1) is 34.0 Å². The van der Waals surface area contributed by atoms with E-state index in [1.54, 1.807) is 6.33 Å². The van der Waals surface area contributed by atoms with Crippen LogP contribution in [0, 0.1) is 0 Å². The second-order valence-electron chi connectivity index (χ2n) is 2.65. The Morgan fingerprint density at radius 2 is 2.00 bits per heavy atom. The van der Waals surface area contributed by atoms with Gasteiger partial charge in [-0.3, -0.25) is 0 Å². The lowest BCUT2D eigenvalue weighted by molar-refractivity contribution is 0.601. The maximum atomic E-state index is 5.68. The fourth-order valence-corrected chi connectivity index (χ4v) is 0.799. The minimum Gasteiger partial charge on any atom is -0.348 e. The Bertz CT molecular complexity index is 187. The summed E-state index contributed by atoms with van der Waals surface area (Å²) in [6, 6.07) is 0.181. The van der Waals surface area contributed by atoms with Crippen LogP contribution in [-0.2, 0) is 0 Å². The highest BCUT2D eigenvalue weighted by molar-refractivity contribution is 8.93. The van der Waals surface area contributed by atoms with Crippen molar-refractivity contribution in [3.8, 4) is 0 Å². The van der Waals surface area contributed by atoms with Crippen LogP contribution in [0.4, 0.5) is 0 Å². The summed E-state index contributed by atoms with van der Waals surface area (Å²) in [6.45, 7) is 4.07. The highest BCUT2D eigenvalue weighted by Crippen LogP contribution is 2.13. The number of nitrogens with two attached hydrogens (primary N) is 1. The molecule has 0 amide bonds. The van der Waals surface area contributed by atoms with Gasteiger partial charge in [0.15, 0.2) is 0 Å². The van der Waals surface area contributed by atoms with Crippen molar-refractivity contribution in [3.05, 3.63) is 18.2 Å². The Labute approximate surface area is 93.7 Å². The zero-order valence-corrected chi connectivity index (χ0v) is 10.6. The fourth-order valence-electron chi connectivity index (χ4n) is 0.799. The predicted octanol–water partition coefficient (Wildman–Crippen LogP) is 2.02. The first-order valence-corrected chi connectivity index (χ1v) is 3.45. The summed E-state index contributed by atoms with van der Waals surface area (Å²) in [4.78, 5) is 6.94. The Hall–Kier alpha value is 0.130. The zero-order valence-electron chi connectivity index (χ0n) is 7.15. The third kappa shape index (κ3) is 3.69. The van der Waals surface area contributed by atoms with Crippen LogP contribution in [0.25, 0.3) is 0 Å². The van der Waals surface area contributed by atoms with Gasteiger partial charge in [0, 0.05) is 23.9 Å². The van der Waals surface area contributed by atoms with Crippen molar-refractivity contribution < 1.29 is 0 Å². The van der Waals surface area contributed by atoms with Crippen LogP contribution in [0.15, 0.2) is 12.5 Å². The van der Waals surface area contributed by atoms with E-state index < -0.39 is 0 Å². The maximum absolute atomic E-state index is 5.68. The van der Waals surface area contributed by atoms with Gasteiger partial charge in [0.25, 0.3) is 0 Å². The highest BCUT2D eigenvalue weighted by Gasteiger charge is 2.10. The number of halogens is 2. The number of rotatable bonds is 2. The van der Waals surface area contributed by atoms with Gasteiger partial charge < -0.3 is 10.7 Å². The second kappa shape index (κ2) is 6.62. The van der Waals surface area contributed by atoms with Crippen molar-refractivity contribution in [1.29, 1.82) is 0 Å². The summed E-state index contributed by atoms with van der Waals surface area (Å²) in [6.07, 6.45) is 3.49. The number of nitrogens with zero attached hydrogens (tertiary/aromatic N) is 1. The lowest BCUT2D eigenvalue weighted by Crippen LogP contribution is -2.22. The molecule has 2 atom stereocenters. The summed E-state index contributed by atoms with van der Waals surface area (Å²) < 4.78 is 0. The number of hydrogen-bond acceptors (Lipinski definition) is 2. The number of H-pyrrole nitrogens is 1. The van der Waals surface area contributed by atoms with E-state index in [-0.39, 0.29) is 40.0 Å². The van der Waals surface area contributed by atoms with Crippen molar-refractivity contribution in [3.63, 3.8) is 0 Å². The first kappa shape index (κ1) is 14.6. The standard InChI is InChI=1S/C7H13N3.2BrH/c1-5(6(2)8)7-3-9-4-10-7;;/h3-6H,8H2,1-2H3,(H,9,10);2*1H/t5-,6-;;/m0../s1. The quantitative estimate of drug-likeness (QED) is 0.878. The molecule has 3 N–H and O–H groups in total. The molecule has 0 aliphatic carbocycles. The summed E-state index contributed by atoms with van der Waals surface area (Å²) in [7, 11) is 0. The van der Waals surface area contributed by atoms with Crippen LogP contribution in [0.2, 0.25) is 0 Å². The van der Waals surface area contributed by atoms with Gasteiger partial charge >= 0.3 is 0 Å². The van der Waals surface area contributed by atoms with Crippen molar-refractivity contribution in [2.24, 2.45) is 5.73 Å². The van der Waals surface area contributed by atoms with Crippen LogP contribution in [0.1, 0.15) is 25.5 Å². The molecule has 0 aliphatic rings. The molecule has 0 saturated carbocycles. The number of aromatic amines is 1. The third-order valence-electron chi connectivity index (χ3n) is 1.80. The lowest BCUT2D eigenvalue weighted by atomic mass is 10.0. The minimum atomic E-state index is 0. The minimum absolute atomic E-state index is 0. The molecule has 72 valence electrons. The van der Waals surface area contributed by atoms with E-state index in [2.05, 4.69) is 16.9 Å². The number of imidazole rings is 1. The molecular formula is C7H15Br2N3. The van der Waals surface area contributed by atoms with Gasteiger partial charge in [-0.2, -0.15) is 0 Å². The van der Waals surface area contributed by atoms with Crippen molar-refractivity contribution >= 4 is 34.0 Å². The van der Waals surface area contributed by atoms with Crippen molar-refractivity contribution in [2.75, 3.05) is 0 Å². The van der Waals surface area contributed by atoms with Gasteiger partial charge in [-0.25, -0.2) is 4.98 Å². The van der Waals surface area contributed by atoms with Crippen LogP contribution < -0.4 is 5.73 Å². The van der Waals surface area contributed by atoms with Crippen LogP contribution >= 0.6 is 34.0 Å². The molecule has 1 heterocycles. The topological polar surface area (TPSA) is 54.7 Å². The second-order valence-corrected chi connectivity index (χ2v) is 2.65. The normalized spacial score (nSPS) is 13.9. The molecular weight excluding hydrogens is 286 g/mol. The van der Waals surface area contributed by atoms with Gasteiger partial charge in [0.05, 0.1) is 6.33 Å². The molecule has 0 spiro atoms. The van der Waals surface area contributed by atoms with Gasteiger partial charge in [0.2, 0.25) is 0 Å². The van der Waals surface area contributed by atoms with Crippen molar-refractivity contribution in [2.45, 2.75) is 25.8 Å². The largest absolute Gasteiger partial charge is 0.348 e. The van der Waals surface area contributed by atoms with Gasteiger partial charge in [-0.05, 0) is 6.92 Å². The van der Waals surface area contributed by atoms with E-state index in [9.17, 15) is 0 Å². The fraction of sp³-hybridized carbons (Fsp3) is 0.571.